The number of anilines is 1. The first kappa shape index (κ1) is 23.4. The van der Waals surface area contributed by atoms with Crippen LogP contribution in [0.15, 0.2) is 35.2 Å². The monoisotopic (exact) mass is 471 g/mol. The first-order chi connectivity index (χ1) is 15.7. The highest BCUT2D eigenvalue weighted by Gasteiger charge is 2.30. The van der Waals surface area contributed by atoms with E-state index in [1.165, 1.54) is 34.4 Å². The molecule has 0 heterocycles. The van der Waals surface area contributed by atoms with Crippen molar-refractivity contribution in [1.82, 2.24) is 4.72 Å². The number of nitro benzene ring substituents is 1. The van der Waals surface area contributed by atoms with Crippen molar-refractivity contribution in [2.45, 2.75) is 69.7 Å². The van der Waals surface area contributed by atoms with E-state index < -0.39 is 21.0 Å². The zero-order valence-corrected chi connectivity index (χ0v) is 19.7. The summed E-state index contributed by atoms with van der Waals surface area (Å²) in [6, 6.07) is 5.97. The van der Waals surface area contributed by atoms with Crippen LogP contribution in [0.25, 0.3) is 0 Å². The van der Waals surface area contributed by atoms with Crippen LogP contribution in [0.1, 0.15) is 55.4 Å². The van der Waals surface area contributed by atoms with Crippen molar-refractivity contribution < 1.29 is 18.1 Å². The molecule has 0 spiro atoms. The standard InChI is InChI=1S/C24H29N3O5S/c1-15(2)13-22(26-33(31,32)19-11-9-18(10-12-19)27(29)30)24(28)25-23-20-7-3-5-16(20)14-17-6-4-8-21(17)23/h9-12,14-15,22,26H,3-8,13H2,1-2H3,(H,25,28)/t22-/m0/s1. The van der Waals surface area contributed by atoms with Gasteiger partial charge in [-0.05, 0) is 85.3 Å². The highest BCUT2D eigenvalue weighted by Crippen LogP contribution is 2.38. The predicted octanol–water partition coefficient (Wildman–Crippen LogP) is 3.90. The van der Waals surface area contributed by atoms with E-state index in [4.69, 9.17) is 0 Å². The van der Waals surface area contributed by atoms with Crippen LogP contribution in [0.5, 0.6) is 0 Å². The average molecular weight is 472 g/mol. The fourth-order valence-corrected chi connectivity index (χ4v) is 6.07. The van der Waals surface area contributed by atoms with Crippen LogP contribution in [0, 0.1) is 16.0 Å². The van der Waals surface area contributed by atoms with Gasteiger partial charge in [-0.3, -0.25) is 14.9 Å². The topological polar surface area (TPSA) is 118 Å². The van der Waals surface area contributed by atoms with E-state index in [-0.39, 0.29) is 22.4 Å². The van der Waals surface area contributed by atoms with Gasteiger partial charge in [-0.25, -0.2) is 8.42 Å². The number of carbonyl (C=O) groups excluding carboxylic acids is 1. The van der Waals surface area contributed by atoms with Gasteiger partial charge >= 0.3 is 0 Å². The number of aryl methyl sites for hydroxylation is 2. The molecule has 0 aromatic heterocycles. The maximum Gasteiger partial charge on any atom is 0.269 e. The number of amides is 1. The summed E-state index contributed by atoms with van der Waals surface area (Å²) in [6.45, 7) is 3.86. The molecule has 2 aliphatic rings. The highest BCUT2D eigenvalue weighted by atomic mass is 32.2. The lowest BCUT2D eigenvalue weighted by Crippen LogP contribution is -2.44. The van der Waals surface area contributed by atoms with Crippen LogP contribution in [0.4, 0.5) is 11.4 Å². The van der Waals surface area contributed by atoms with Gasteiger partial charge in [-0.1, -0.05) is 19.9 Å². The molecule has 2 aromatic rings. The lowest BCUT2D eigenvalue weighted by Gasteiger charge is -2.22. The van der Waals surface area contributed by atoms with Crippen molar-refractivity contribution in [3.8, 4) is 0 Å². The lowest BCUT2D eigenvalue weighted by molar-refractivity contribution is -0.384. The summed E-state index contributed by atoms with van der Waals surface area (Å²) in [5.74, 6) is -0.295. The minimum absolute atomic E-state index is 0.0764. The minimum Gasteiger partial charge on any atom is -0.324 e. The molecule has 33 heavy (non-hydrogen) atoms. The van der Waals surface area contributed by atoms with Crippen LogP contribution >= 0.6 is 0 Å². The van der Waals surface area contributed by atoms with Gasteiger partial charge in [0.2, 0.25) is 15.9 Å². The van der Waals surface area contributed by atoms with Crippen LogP contribution in [-0.2, 0) is 40.5 Å². The van der Waals surface area contributed by atoms with Crippen LogP contribution in [0.3, 0.4) is 0 Å². The van der Waals surface area contributed by atoms with Gasteiger partial charge in [-0.15, -0.1) is 0 Å². The number of nitrogens with one attached hydrogen (secondary N) is 2. The minimum atomic E-state index is -4.04. The van der Waals surface area contributed by atoms with Crippen molar-refractivity contribution in [2.75, 3.05) is 5.32 Å². The van der Waals surface area contributed by atoms with E-state index in [9.17, 15) is 23.3 Å². The number of nitrogens with zero attached hydrogens (tertiary/aromatic N) is 1. The Bertz CT molecular complexity index is 1160. The molecule has 0 unspecified atom stereocenters. The highest BCUT2D eigenvalue weighted by molar-refractivity contribution is 7.89. The molecule has 0 fully saturated rings. The number of hydrogen-bond acceptors (Lipinski definition) is 5. The number of non-ortho nitro benzene ring substituents is 1. The van der Waals surface area contributed by atoms with Crippen molar-refractivity contribution in [3.63, 3.8) is 0 Å². The van der Waals surface area contributed by atoms with E-state index in [0.29, 0.717) is 6.42 Å². The number of rotatable bonds is 8. The van der Waals surface area contributed by atoms with Crippen LogP contribution in [0.2, 0.25) is 0 Å². The maximum absolute atomic E-state index is 13.4. The molecule has 2 aliphatic carbocycles. The zero-order chi connectivity index (χ0) is 23.8. The van der Waals surface area contributed by atoms with Crippen molar-refractivity contribution in [2.24, 2.45) is 5.92 Å². The molecular formula is C24H29N3O5S. The Hall–Kier alpha value is -2.78. The van der Waals surface area contributed by atoms with Crippen molar-refractivity contribution in [3.05, 3.63) is 62.7 Å². The molecule has 4 rings (SSSR count). The summed E-state index contributed by atoms with van der Waals surface area (Å²) in [7, 11) is -4.04. The first-order valence-corrected chi connectivity index (χ1v) is 12.9. The van der Waals surface area contributed by atoms with Gasteiger partial charge in [0, 0.05) is 17.8 Å². The Kier molecular flexibility index (Phi) is 6.54. The van der Waals surface area contributed by atoms with Crippen LogP contribution in [-0.4, -0.2) is 25.3 Å². The molecule has 1 atom stereocenters. The molecule has 0 aliphatic heterocycles. The molecule has 176 valence electrons. The number of hydrogen-bond donors (Lipinski definition) is 2. The normalized spacial score (nSPS) is 15.8. The third-order valence-corrected chi connectivity index (χ3v) is 7.89. The lowest BCUT2D eigenvalue weighted by atomic mass is 9.98. The van der Waals surface area contributed by atoms with E-state index in [1.807, 2.05) is 13.8 Å². The molecule has 0 bridgehead atoms. The first-order valence-electron chi connectivity index (χ1n) is 11.4. The fraction of sp³-hybridized carbons (Fsp3) is 0.458. The second-order valence-electron chi connectivity index (χ2n) is 9.28. The quantitative estimate of drug-likeness (QED) is 0.447. The van der Waals surface area contributed by atoms with Gasteiger partial charge < -0.3 is 5.32 Å². The number of nitro groups is 1. The Morgan fingerprint density at radius 2 is 1.61 bits per heavy atom. The van der Waals surface area contributed by atoms with Crippen LogP contribution < -0.4 is 10.0 Å². The number of carbonyl (C=O) groups is 1. The Morgan fingerprint density at radius 3 is 2.12 bits per heavy atom. The Labute approximate surface area is 194 Å². The summed E-state index contributed by atoms with van der Waals surface area (Å²) in [4.78, 5) is 23.5. The molecule has 9 heteroatoms. The molecule has 8 nitrogen and oxygen atoms in total. The second kappa shape index (κ2) is 9.23. The van der Waals surface area contributed by atoms with E-state index >= 15 is 0 Å². The molecule has 1 amide bonds. The Morgan fingerprint density at radius 1 is 1.03 bits per heavy atom. The van der Waals surface area contributed by atoms with Gasteiger partial charge in [0.1, 0.15) is 6.04 Å². The summed E-state index contributed by atoms with van der Waals surface area (Å²) >= 11 is 0. The molecule has 2 aromatic carbocycles. The van der Waals surface area contributed by atoms with Gasteiger partial charge in [0.25, 0.3) is 5.69 Å². The van der Waals surface area contributed by atoms with Gasteiger partial charge in [0.05, 0.1) is 9.82 Å². The predicted molar refractivity (Wildman–Crippen MR) is 126 cm³/mol. The second-order valence-corrected chi connectivity index (χ2v) is 11.0. The molecule has 2 N–H and O–H groups in total. The van der Waals surface area contributed by atoms with E-state index in [0.717, 1.165) is 56.3 Å². The largest absolute Gasteiger partial charge is 0.324 e. The maximum atomic E-state index is 13.4. The third-order valence-electron chi connectivity index (χ3n) is 6.40. The third kappa shape index (κ3) is 4.94. The number of benzene rings is 2. The summed E-state index contributed by atoms with van der Waals surface area (Å²) < 4.78 is 28.5. The van der Waals surface area contributed by atoms with E-state index in [1.54, 1.807) is 0 Å². The SMILES string of the molecule is CC(C)C[C@H](NS(=O)(=O)c1ccc([N+](=O)[O-])cc1)C(=O)Nc1c2c(cc3c1CCC3)CCC2. The average Bonchev–Trinajstić information content (AvgIpc) is 3.42. The molecule has 0 saturated heterocycles. The van der Waals surface area contributed by atoms with Crippen molar-refractivity contribution >= 4 is 27.3 Å². The van der Waals surface area contributed by atoms with Gasteiger partial charge in [0.15, 0.2) is 0 Å². The Balaban J connectivity index is 1.60. The summed E-state index contributed by atoms with van der Waals surface area (Å²) in [5.41, 5.74) is 5.63. The summed E-state index contributed by atoms with van der Waals surface area (Å²) in [5, 5.41) is 14.0. The number of fused-ring (bicyclic) bond motifs is 2. The molecule has 0 saturated carbocycles. The fourth-order valence-electron chi connectivity index (χ4n) is 4.86. The van der Waals surface area contributed by atoms with E-state index in [2.05, 4.69) is 16.1 Å². The smallest absolute Gasteiger partial charge is 0.269 e. The molecular weight excluding hydrogens is 442 g/mol. The molecule has 0 radical (unpaired) electrons. The van der Waals surface area contributed by atoms with Crippen molar-refractivity contribution in [1.29, 1.82) is 0 Å². The summed E-state index contributed by atoms with van der Waals surface area (Å²) in [6.07, 6.45) is 6.30. The number of sulfonamides is 1. The zero-order valence-electron chi connectivity index (χ0n) is 18.9. The van der Waals surface area contributed by atoms with Gasteiger partial charge in [-0.2, -0.15) is 4.72 Å².